The van der Waals surface area contributed by atoms with Crippen molar-refractivity contribution in [1.82, 2.24) is 9.97 Å². The highest BCUT2D eigenvalue weighted by Crippen LogP contribution is 2.51. The second-order valence-electron chi connectivity index (χ2n) is 6.87. The van der Waals surface area contributed by atoms with E-state index in [0.717, 1.165) is 30.0 Å². The maximum Gasteiger partial charge on any atom is 0.275 e. The topological polar surface area (TPSA) is 93.3 Å². The number of hydrogen-bond donors (Lipinski definition) is 2. The number of nitrogens with zero attached hydrogens (tertiary/aromatic N) is 3. The number of benzene rings is 1. The lowest BCUT2D eigenvalue weighted by atomic mass is 9.81. The molecule has 3 N–H and O–H groups in total. The Morgan fingerprint density at radius 1 is 1.39 bits per heavy atom. The molecule has 9 heteroatoms. The van der Waals surface area contributed by atoms with Gasteiger partial charge in [0.25, 0.3) is 5.91 Å². The SMILES string of the molecule is CSc1cnc(C(=O)Nc2ccc(F)c(C34CCC[C@H]3CSC(N)=N4)c2)cn1. The first-order valence-corrected chi connectivity index (χ1v) is 11.2. The number of aliphatic imine (C=N–C) groups is 1. The first-order chi connectivity index (χ1) is 13.5. The van der Waals surface area contributed by atoms with Crippen molar-refractivity contribution in [2.45, 2.75) is 29.8 Å². The van der Waals surface area contributed by atoms with Gasteiger partial charge in [-0.05, 0) is 43.2 Å². The van der Waals surface area contributed by atoms with Crippen molar-refractivity contribution in [2.24, 2.45) is 16.6 Å². The van der Waals surface area contributed by atoms with Gasteiger partial charge in [-0.25, -0.2) is 14.4 Å². The fourth-order valence-corrected chi connectivity index (χ4v) is 5.29. The Bertz CT molecular complexity index is 936. The summed E-state index contributed by atoms with van der Waals surface area (Å²) in [6.07, 6.45) is 7.61. The van der Waals surface area contributed by atoms with E-state index in [1.807, 2.05) is 6.26 Å². The van der Waals surface area contributed by atoms with E-state index in [1.54, 1.807) is 18.3 Å². The van der Waals surface area contributed by atoms with Crippen molar-refractivity contribution < 1.29 is 9.18 Å². The van der Waals surface area contributed by atoms with Crippen molar-refractivity contribution in [2.75, 3.05) is 17.3 Å². The molecule has 0 saturated heterocycles. The normalized spacial score (nSPS) is 23.8. The zero-order chi connectivity index (χ0) is 19.7. The summed E-state index contributed by atoms with van der Waals surface area (Å²) in [7, 11) is 0. The highest BCUT2D eigenvalue weighted by atomic mass is 32.2. The van der Waals surface area contributed by atoms with Gasteiger partial charge in [-0.2, -0.15) is 0 Å². The fraction of sp³-hybridized carbons (Fsp3) is 0.368. The molecule has 146 valence electrons. The molecule has 4 rings (SSSR count). The van der Waals surface area contributed by atoms with Gasteiger partial charge in [0.2, 0.25) is 0 Å². The van der Waals surface area contributed by atoms with Crippen molar-refractivity contribution in [3.63, 3.8) is 0 Å². The van der Waals surface area contributed by atoms with Gasteiger partial charge >= 0.3 is 0 Å². The Kier molecular flexibility index (Phi) is 5.29. The van der Waals surface area contributed by atoms with Gasteiger partial charge in [0.15, 0.2) is 5.17 Å². The Morgan fingerprint density at radius 2 is 2.25 bits per heavy atom. The van der Waals surface area contributed by atoms with E-state index in [9.17, 15) is 9.18 Å². The first kappa shape index (κ1) is 19.2. The standard InChI is InChI=1S/C19H20FN5OS2/c1-27-16-9-22-15(8-23-16)17(26)24-12-4-5-14(20)13(7-12)19-6-2-3-11(19)10-28-18(21)25-19/h4-5,7-9,11H,2-3,6,10H2,1H3,(H2,21,25)(H,24,26)/t11-,19?/m0/s1. The molecule has 1 aromatic heterocycles. The third-order valence-electron chi connectivity index (χ3n) is 5.29. The maximum atomic E-state index is 14.8. The molecule has 2 atom stereocenters. The number of nitrogens with one attached hydrogen (secondary N) is 1. The number of rotatable bonds is 4. The molecule has 0 radical (unpaired) electrons. The minimum absolute atomic E-state index is 0.205. The first-order valence-electron chi connectivity index (χ1n) is 8.97. The minimum atomic E-state index is -0.639. The number of carbonyl (C=O) groups is 1. The number of fused-ring (bicyclic) bond motifs is 1. The summed E-state index contributed by atoms with van der Waals surface area (Å²) in [6, 6.07) is 4.61. The van der Waals surface area contributed by atoms with Crippen LogP contribution in [0, 0.1) is 11.7 Å². The second kappa shape index (κ2) is 7.71. The van der Waals surface area contributed by atoms with Gasteiger partial charge in [-0.15, -0.1) is 11.8 Å². The molecule has 1 saturated carbocycles. The molecule has 1 aromatic carbocycles. The van der Waals surface area contributed by atoms with Crippen molar-refractivity contribution in [3.8, 4) is 0 Å². The van der Waals surface area contributed by atoms with Crippen LogP contribution in [0.1, 0.15) is 35.3 Å². The van der Waals surface area contributed by atoms with Gasteiger partial charge in [0.1, 0.15) is 16.5 Å². The number of hydrogen-bond acceptors (Lipinski definition) is 7. The van der Waals surface area contributed by atoms with E-state index in [2.05, 4.69) is 20.3 Å². The number of thioether (sulfide) groups is 2. The minimum Gasteiger partial charge on any atom is -0.379 e. The fourth-order valence-electron chi connectivity index (χ4n) is 3.93. The molecule has 1 aliphatic heterocycles. The summed E-state index contributed by atoms with van der Waals surface area (Å²) in [5, 5.41) is 4.02. The van der Waals surface area contributed by atoms with Crippen LogP contribution in [0.15, 0.2) is 40.6 Å². The van der Waals surface area contributed by atoms with Crippen LogP contribution in [-0.2, 0) is 5.54 Å². The summed E-state index contributed by atoms with van der Waals surface area (Å²) in [6.45, 7) is 0. The third kappa shape index (κ3) is 3.48. The monoisotopic (exact) mass is 417 g/mol. The largest absolute Gasteiger partial charge is 0.379 e. The lowest BCUT2D eigenvalue weighted by Crippen LogP contribution is -2.37. The van der Waals surface area contributed by atoms with Crippen LogP contribution in [0.5, 0.6) is 0 Å². The van der Waals surface area contributed by atoms with Gasteiger partial charge in [-0.3, -0.25) is 9.79 Å². The molecule has 0 spiro atoms. The summed E-state index contributed by atoms with van der Waals surface area (Å²) in [5.74, 6) is 0.371. The number of anilines is 1. The van der Waals surface area contributed by atoms with Crippen LogP contribution in [0.3, 0.4) is 0 Å². The number of carbonyl (C=O) groups excluding carboxylic acids is 1. The van der Waals surface area contributed by atoms with Crippen molar-refractivity contribution in [3.05, 3.63) is 47.7 Å². The predicted molar refractivity (Wildman–Crippen MR) is 111 cm³/mol. The quantitative estimate of drug-likeness (QED) is 0.738. The molecule has 1 unspecified atom stereocenters. The van der Waals surface area contributed by atoms with Crippen LogP contribution in [0.4, 0.5) is 10.1 Å². The van der Waals surface area contributed by atoms with Crippen LogP contribution in [-0.4, -0.2) is 33.1 Å². The molecular formula is C19H20FN5OS2. The van der Waals surface area contributed by atoms with E-state index in [4.69, 9.17) is 5.73 Å². The van der Waals surface area contributed by atoms with Crippen LogP contribution >= 0.6 is 23.5 Å². The van der Waals surface area contributed by atoms with Crippen LogP contribution < -0.4 is 11.1 Å². The lowest BCUT2D eigenvalue weighted by Gasteiger charge is -2.36. The van der Waals surface area contributed by atoms with E-state index in [1.165, 1.54) is 35.8 Å². The van der Waals surface area contributed by atoms with Gasteiger partial charge in [0.05, 0.1) is 17.9 Å². The summed E-state index contributed by atoms with van der Waals surface area (Å²) in [5.41, 5.74) is 6.56. The molecule has 1 amide bonds. The second-order valence-corrected chi connectivity index (χ2v) is 8.73. The lowest BCUT2D eigenvalue weighted by molar-refractivity contribution is 0.102. The molecule has 2 heterocycles. The highest BCUT2D eigenvalue weighted by molar-refractivity contribution is 8.13. The van der Waals surface area contributed by atoms with E-state index in [0.29, 0.717) is 16.4 Å². The third-order valence-corrected chi connectivity index (χ3v) is 6.87. The van der Waals surface area contributed by atoms with Crippen LogP contribution in [0.25, 0.3) is 0 Å². The van der Waals surface area contributed by atoms with E-state index >= 15 is 0 Å². The maximum absolute atomic E-state index is 14.8. The Morgan fingerprint density at radius 3 is 3.00 bits per heavy atom. The van der Waals surface area contributed by atoms with Gasteiger partial charge in [0, 0.05) is 17.0 Å². The zero-order valence-corrected chi connectivity index (χ0v) is 16.9. The average Bonchev–Trinajstić information content (AvgIpc) is 3.13. The van der Waals surface area contributed by atoms with Crippen molar-refractivity contribution >= 4 is 40.3 Å². The molecule has 2 aromatic rings. The molecule has 0 bridgehead atoms. The Hall–Kier alpha value is -2.13. The number of aromatic nitrogens is 2. The Balaban J connectivity index is 1.64. The van der Waals surface area contributed by atoms with E-state index in [-0.39, 0.29) is 23.3 Å². The molecule has 1 fully saturated rings. The molecule has 6 nitrogen and oxygen atoms in total. The zero-order valence-electron chi connectivity index (χ0n) is 15.3. The molecular weight excluding hydrogens is 397 g/mol. The van der Waals surface area contributed by atoms with E-state index < -0.39 is 5.54 Å². The number of amidine groups is 1. The highest BCUT2D eigenvalue weighted by Gasteiger charge is 2.48. The summed E-state index contributed by atoms with van der Waals surface area (Å²) in [4.78, 5) is 25.5. The van der Waals surface area contributed by atoms with Crippen LogP contribution in [0.2, 0.25) is 0 Å². The molecule has 28 heavy (non-hydrogen) atoms. The number of amides is 1. The van der Waals surface area contributed by atoms with Gasteiger partial charge in [-0.1, -0.05) is 18.2 Å². The number of halogens is 1. The molecule has 1 aliphatic carbocycles. The van der Waals surface area contributed by atoms with Crippen molar-refractivity contribution in [1.29, 1.82) is 0 Å². The summed E-state index contributed by atoms with van der Waals surface area (Å²) < 4.78 is 14.8. The molecule has 2 aliphatic rings. The smallest absolute Gasteiger partial charge is 0.275 e. The summed E-state index contributed by atoms with van der Waals surface area (Å²) >= 11 is 2.98. The Labute approximate surface area is 171 Å². The van der Waals surface area contributed by atoms with Gasteiger partial charge < -0.3 is 11.1 Å². The average molecular weight is 418 g/mol. The predicted octanol–water partition coefficient (Wildman–Crippen LogP) is 3.65. The number of nitrogens with two attached hydrogens (primary N) is 1.